The van der Waals surface area contributed by atoms with Gasteiger partial charge in [0.25, 0.3) is 0 Å². The maximum absolute atomic E-state index is 4.47. The van der Waals surface area contributed by atoms with Gasteiger partial charge in [-0.1, -0.05) is 18.2 Å². The third kappa shape index (κ3) is 3.39. The predicted molar refractivity (Wildman–Crippen MR) is 97.8 cm³/mol. The highest BCUT2D eigenvalue weighted by Gasteiger charge is 2.20. The topological polar surface area (TPSA) is 50.1 Å². The Balaban J connectivity index is 1.42. The van der Waals surface area contributed by atoms with Crippen LogP contribution in [0.25, 0.3) is 5.69 Å². The minimum atomic E-state index is 0.818. The Morgan fingerprint density at radius 3 is 2.56 bits per heavy atom. The number of aromatic nitrogens is 4. The Kier molecular flexibility index (Phi) is 4.43. The van der Waals surface area contributed by atoms with Crippen LogP contribution in [-0.4, -0.2) is 50.8 Å². The molecule has 6 heteroatoms. The van der Waals surface area contributed by atoms with E-state index < -0.39 is 0 Å². The highest BCUT2D eigenvalue weighted by molar-refractivity contribution is 5.51. The van der Waals surface area contributed by atoms with Gasteiger partial charge in [0, 0.05) is 44.3 Å². The smallest absolute Gasteiger partial charge is 0.146 e. The summed E-state index contributed by atoms with van der Waals surface area (Å²) < 4.78 is 1.93. The van der Waals surface area contributed by atoms with Gasteiger partial charge in [0.15, 0.2) is 0 Å². The van der Waals surface area contributed by atoms with Gasteiger partial charge in [0.05, 0.1) is 12.2 Å². The third-order valence-corrected chi connectivity index (χ3v) is 4.69. The quantitative estimate of drug-likeness (QED) is 0.733. The summed E-state index contributed by atoms with van der Waals surface area (Å²) in [5.41, 5.74) is 3.59. The zero-order valence-corrected chi connectivity index (χ0v) is 14.4. The van der Waals surface area contributed by atoms with Crippen molar-refractivity contribution < 1.29 is 0 Å². The first-order chi connectivity index (χ1) is 12.3. The number of pyridine rings is 1. The molecule has 0 bridgehead atoms. The molecule has 1 aromatic carbocycles. The first-order valence-corrected chi connectivity index (χ1v) is 8.63. The minimum absolute atomic E-state index is 0.818. The molecule has 0 unspecified atom stereocenters. The van der Waals surface area contributed by atoms with Gasteiger partial charge >= 0.3 is 0 Å². The fraction of sp³-hybridized carbons (Fsp3) is 0.316. The van der Waals surface area contributed by atoms with Crippen LogP contribution in [0.15, 0.2) is 55.1 Å². The van der Waals surface area contributed by atoms with Gasteiger partial charge in [-0.2, -0.15) is 5.10 Å². The summed E-state index contributed by atoms with van der Waals surface area (Å²) in [6, 6.07) is 12.3. The maximum Gasteiger partial charge on any atom is 0.146 e. The van der Waals surface area contributed by atoms with Crippen LogP contribution < -0.4 is 4.90 Å². The fourth-order valence-corrected chi connectivity index (χ4v) is 3.33. The second kappa shape index (κ2) is 7.03. The van der Waals surface area contributed by atoms with E-state index in [1.807, 2.05) is 35.3 Å². The van der Waals surface area contributed by atoms with Crippen molar-refractivity contribution in [1.29, 1.82) is 0 Å². The number of rotatable bonds is 4. The molecule has 3 aromatic rings. The number of piperazine rings is 1. The molecule has 0 aliphatic carbocycles. The zero-order valence-electron chi connectivity index (χ0n) is 14.4. The largest absolute Gasteiger partial charge is 0.369 e. The van der Waals surface area contributed by atoms with Crippen LogP contribution in [0.2, 0.25) is 0 Å². The standard InChI is InChI=1S/C19H22N6/c1-16-13-20-8-7-18(16)24-11-9-23(10-12-24)14-19-21-15-22-25(19)17-5-3-2-4-6-17/h2-8,13,15H,9-12,14H2,1H3. The fourth-order valence-electron chi connectivity index (χ4n) is 3.33. The van der Waals surface area contributed by atoms with Gasteiger partial charge in [0.1, 0.15) is 12.2 Å². The van der Waals surface area contributed by atoms with Crippen molar-refractivity contribution in [2.45, 2.75) is 13.5 Å². The summed E-state index contributed by atoms with van der Waals surface area (Å²) in [7, 11) is 0. The van der Waals surface area contributed by atoms with Crippen molar-refractivity contribution in [3.63, 3.8) is 0 Å². The average molecular weight is 334 g/mol. The van der Waals surface area contributed by atoms with Crippen molar-refractivity contribution in [3.8, 4) is 5.69 Å². The first-order valence-electron chi connectivity index (χ1n) is 8.63. The summed E-state index contributed by atoms with van der Waals surface area (Å²) >= 11 is 0. The molecule has 6 nitrogen and oxygen atoms in total. The number of anilines is 1. The molecular weight excluding hydrogens is 312 g/mol. The lowest BCUT2D eigenvalue weighted by molar-refractivity contribution is 0.242. The summed E-state index contributed by atoms with van der Waals surface area (Å²) in [5.74, 6) is 0.986. The number of aryl methyl sites for hydroxylation is 1. The summed E-state index contributed by atoms with van der Waals surface area (Å²) in [5, 5.41) is 4.39. The predicted octanol–water partition coefficient (Wildman–Crippen LogP) is 2.29. The lowest BCUT2D eigenvalue weighted by atomic mass is 10.2. The van der Waals surface area contributed by atoms with Gasteiger partial charge < -0.3 is 4.90 Å². The Morgan fingerprint density at radius 1 is 1.00 bits per heavy atom. The van der Waals surface area contributed by atoms with E-state index in [0.717, 1.165) is 44.2 Å². The second-order valence-electron chi connectivity index (χ2n) is 6.35. The van der Waals surface area contributed by atoms with E-state index in [0.29, 0.717) is 0 Å². The highest BCUT2D eigenvalue weighted by atomic mass is 15.4. The maximum atomic E-state index is 4.47. The second-order valence-corrected chi connectivity index (χ2v) is 6.35. The van der Waals surface area contributed by atoms with Crippen molar-refractivity contribution in [1.82, 2.24) is 24.6 Å². The van der Waals surface area contributed by atoms with Gasteiger partial charge in [-0.25, -0.2) is 9.67 Å². The van der Waals surface area contributed by atoms with E-state index >= 15 is 0 Å². The Morgan fingerprint density at radius 2 is 1.80 bits per heavy atom. The molecule has 0 atom stereocenters. The number of hydrogen-bond acceptors (Lipinski definition) is 5. The minimum Gasteiger partial charge on any atom is -0.369 e. The molecule has 0 saturated carbocycles. The molecule has 0 N–H and O–H groups in total. The monoisotopic (exact) mass is 334 g/mol. The van der Waals surface area contributed by atoms with Crippen LogP contribution in [0.3, 0.4) is 0 Å². The molecule has 25 heavy (non-hydrogen) atoms. The van der Waals surface area contributed by atoms with Crippen molar-refractivity contribution in [2.75, 3.05) is 31.1 Å². The average Bonchev–Trinajstić information content (AvgIpc) is 3.12. The van der Waals surface area contributed by atoms with Gasteiger partial charge in [-0.05, 0) is 30.7 Å². The number of para-hydroxylation sites is 1. The lowest BCUT2D eigenvalue weighted by Crippen LogP contribution is -2.46. The van der Waals surface area contributed by atoms with Crippen LogP contribution in [0, 0.1) is 6.92 Å². The molecular formula is C19H22N6. The molecule has 1 saturated heterocycles. The normalized spacial score (nSPS) is 15.5. The summed E-state index contributed by atoms with van der Waals surface area (Å²) in [6.07, 6.45) is 5.44. The van der Waals surface area contributed by atoms with E-state index in [-0.39, 0.29) is 0 Å². The Hall–Kier alpha value is -2.73. The van der Waals surface area contributed by atoms with E-state index in [1.165, 1.54) is 11.3 Å². The van der Waals surface area contributed by atoms with Crippen molar-refractivity contribution >= 4 is 5.69 Å². The van der Waals surface area contributed by atoms with Crippen LogP contribution in [0.5, 0.6) is 0 Å². The molecule has 0 spiro atoms. The van der Waals surface area contributed by atoms with Crippen LogP contribution in [0.1, 0.15) is 11.4 Å². The number of benzene rings is 1. The molecule has 0 amide bonds. The first kappa shape index (κ1) is 15.8. The Bertz CT molecular complexity index is 821. The Labute approximate surface area is 147 Å². The van der Waals surface area contributed by atoms with Crippen molar-refractivity contribution in [2.24, 2.45) is 0 Å². The molecule has 2 aromatic heterocycles. The molecule has 1 aliphatic heterocycles. The van der Waals surface area contributed by atoms with Gasteiger partial charge in [-0.3, -0.25) is 9.88 Å². The van der Waals surface area contributed by atoms with Gasteiger partial charge in [-0.15, -0.1) is 0 Å². The van der Waals surface area contributed by atoms with E-state index in [1.54, 1.807) is 6.33 Å². The van der Waals surface area contributed by atoms with Gasteiger partial charge in [0.2, 0.25) is 0 Å². The van der Waals surface area contributed by atoms with Crippen LogP contribution >= 0.6 is 0 Å². The zero-order chi connectivity index (χ0) is 17.1. The molecule has 1 fully saturated rings. The number of hydrogen-bond donors (Lipinski definition) is 0. The van der Waals surface area contributed by atoms with Crippen LogP contribution in [-0.2, 0) is 6.54 Å². The summed E-state index contributed by atoms with van der Waals surface area (Å²) in [6.45, 7) is 7.01. The molecule has 1 aliphatic rings. The molecule has 3 heterocycles. The summed E-state index contributed by atoms with van der Waals surface area (Å²) in [4.78, 5) is 13.5. The third-order valence-electron chi connectivity index (χ3n) is 4.69. The van der Waals surface area contributed by atoms with E-state index in [9.17, 15) is 0 Å². The van der Waals surface area contributed by atoms with E-state index in [4.69, 9.17) is 0 Å². The SMILES string of the molecule is Cc1cnccc1N1CCN(Cc2ncnn2-c2ccccc2)CC1. The highest BCUT2D eigenvalue weighted by Crippen LogP contribution is 2.20. The van der Waals surface area contributed by atoms with Crippen LogP contribution in [0.4, 0.5) is 5.69 Å². The number of nitrogens with zero attached hydrogens (tertiary/aromatic N) is 6. The van der Waals surface area contributed by atoms with E-state index in [2.05, 4.69) is 50.0 Å². The lowest BCUT2D eigenvalue weighted by Gasteiger charge is -2.36. The molecule has 4 rings (SSSR count). The molecule has 128 valence electrons. The van der Waals surface area contributed by atoms with Crippen molar-refractivity contribution in [3.05, 3.63) is 66.5 Å². The molecule has 0 radical (unpaired) electrons.